The number of aromatic amines is 1. The zero-order chi connectivity index (χ0) is 23.1. The van der Waals surface area contributed by atoms with Gasteiger partial charge < -0.3 is 14.4 Å². The number of H-pyrrole nitrogens is 1. The molecule has 2 aliphatic carbocycles. The SMILES string of the molecule is CC1CCC(OC2CCN(c3cc(-c4n[nH]c5ccc(OC6(C)CC6)cc45)ncn3)CC2)CC1. The first kappa shape index (κ1) is 21.8. The number of hydrogen-bond donors (Lipinski definition) is 1. The van der Waals surface area contributed by atoms with Crippen molar-refractivity contribution in [1.82, 2.24) is 20.2 Å². The van der Waals surface area contributed by atoms with Crippen LogP contribution in [0.2, 0.25) is 0 Å². The number of anilines is 1. The van der Waals surface area contributed by atoms with Crippen LogP contribution >= 0.6 is 0 Å². The van der Waals surface area contributed by atoms with Crippen molar-refractivity contribution in [2.75, 3.05) is 18.0 Å². The second-order valence-corrected chi connectivity index (χ2v) is 10.8. The Bertz CT molecular complexity index is 1140. The summed E-state index contributed by atoms with van der Waals surface area (Å²) in [6, 6.07) is 8.19. The number of aromatic nitrogens is 4. The number of fused-ring (bicyclic) bond motifs is 1. The highest BCUT2D eigenvalue weighted by atomic mass is 16.5. The van der Waals surface area contributed by atoms with Gasteiger partial charge in [-0.2, -0.15) is 5.10 Å². The van der Waals surface area contributed by atoms with Crippen LogP contribution in [0.3, 0.4) is 0 Å². The molecule has 0 amide bonds. The summed E-state index contributed by atoms with van der Waals surface area (Å²) in [5.74, 6) is 2.71. The fraction of sp³-hybridized carbons (Fsp3) is 0.593. The molecule has 1 saturated heterocycles. The van der Waals surface area contributed by atoms with Crippen molar-refractivity contribution in [3.05, 3.63) is 30.6 Å². The summed E-state index contributed by atoms with van der Waals surface area (Å²) in [6.45, 7) is 6.44. The summed E-state index contributed by atoms with van der Waals surface area (Å²) in [5, 5.41) is 8.75. The minimum absolute atomic E-state index is 0.00902. The van der Waals surface area contributed by atoms with Gasteiger partial charge in [0.05, 0.1) is 23.4 Å². The van der Waals surface area contributed by atoms with Gasteiger partial charge in [0.15, 0.2) is 0 Å². The number of hydrogen-bond acceptors (Lipinski definition) is 6. The molecule has 34 heavy (non-hydrogen) atoms. The maximum absolute atomic E-state index is 6.46. The first-order chi connectivity index (χ1) is 16.5. The molecular weight excluding hydrogens is 426 g/mol. The van der Waals surface area contributed by atoms with Gasteiger partial charge in [0, 0.05) is 24.5 Å². The Labute approximate surface area is 201 Å². The molecule has 0 spiro atoms. The first-order valence-electron chi connectivity index (χ1n) is 12.9. The maximum Gasteiger partial charge on any atom is 0.132 e. The zero-order valence-electron chi connectivity index (χ0n) is 20.3. The normalized spacial score (nSPS) is 24.9. The Morgan fingerprint density at radius 2 is 1.74 bits per heavy atom. The van der Waals surface area contributed by atoms with E-state index in [0.29, 0.717) is 12.2 Å². The molecule has 1 aliphatic heterocycles. The molecule has 3 heterocycles. The average Bonchev–Trinajstić information content (AvgIpc) is 3.43. The monoisotopic (exact) mass is 461 g/mol. The van der Waals surface area contributed by atoms with E-state index in [0.717, 1.165) is 78.5 Å². The summed E-state index contributed by atoms with van der Waals surface area (Å²) in [7, 11) is 0. The highest BCUT2D eigenvalue weighted by Crippen LogP contribution is 2.40. The van der Waals surface area contributed by atoms with Crippen molar-refractivity contribution in [2.45, 2.75) is 83.0 Å². The maximum atomic E-state index is 6.46. The van der Waals surface area contributed by atoms with Crippen LogP contribution in [0.5, 0.6) is 5.75 Å². The van der Waals surface area contributed by atoms with E-state index in [1.807, 2.05) is 12.1 Å². The lowest BCUT2D eigenvalue weighted by molar-refractivity contribution is -0.0447. The van der Waals surface area contributed by atoms with E-state index < -0.39 is 0 Å². The molecule has 2 saturated carbocycles. The van der Waals surface area contributed by atoms with Crippen LogP contribution < -0.4 is 9.64 Å². The fourth-order valence-electron chi connectivity index (χ4n) is 5.32. The van der Waals surface area contributed by atoms with Gasteiger partial charge in [-0.05, 0) is 82.4 Å². The van der Waals surface area contributed by atoms with Gasteiger partial charge in [-0.25, -0.2) is 9.97 Å². The number of ether oxygens (including phenoxy) is 2. The van der Waals surface area contributed by atoms with E-state index in [9.17, 15) is 0 Å². The molecule has 7 nitrogen and oxygen atoms in total. The highest BCUT2D eigenvalue weighted by molar-refractivity contribution is 5.93. The van der Waals surface area contributed by atoms with Crippen LogP contribution in [-0.2, 0) is 4.74 Å². The molecule has 6 rings (SSSR count). The van der Waals surface area contributed by atoms with Gasteiger partial charge in [0.25, 0.3) is 0 Å². The van der Waals surface area contributed by atoms with E-state index in [1.54, 1.807) is 6.33 Å². The number of piperidine rings is 1. The van der Waals surface area contributed by atoms with Crippen LogP contribution in [0, 0.1) is 5.92 Å². The Kier molecular flexibility index (Phi) is 5.68. The second kappa shape index (κ2) is 8.84. The zero-order valence-corrected chi connectivity index (χ0v) is 20.3. The molecule has 0 radical (unpaired) electrons. The molecule has 3 fully saturated rings. The molecular formula is C27H35N5O2. The van der Waals surface area contributed by atoms with Crippen molar-refractivity contribution in [1.29, 1.82) is 0 Å². The quantitative estimate of drug-likeness (QED) is 0.521. The van der Waals surface area contributed by atoms with E-state index in [4.69, 9.17) is 9.47 Å². The fourth-order valence-corrected chi connectivity index (χ4v) is 5.32. The predicted molar refractivity (Wildman–Crippen MR) is 133 cm³/mol. The molecule has 3 aromatic rings. The van der Waals surface area contributed by atoms with Crippen molar-refractivity contribution in [3.8, 4) is 17.1 Å². The topological polar surface area (TPSA) is 76.2 Å². The molecule has 1 aromatic carbocycles. The smallest absolute Gasteiger partial charge is 0.132 e. The minimum atomic E-state index is -0.00902. The third-order valence-electron chi connectivity index (χ3n) is 7.86. The minimum Gasteiger partial charge on any atom is -0.488 e. The summed E-state index contributed by atoms with van der Waals surface area (Å²) in [6.07, 6.45) is 11.9. The Balaban J connectivity index is 1.14. The van der Waals surface area contributed by atoms with Crippen LogP contribution in [0.25, 0.3) is 22.3 Å². The van der Waals surface area contributed by atoms with E-state index in [2.05, 4.69) is 51.0 Å². The number of nitrogens with one attached hydrogen (secondary N) is 1. The lowest BCUT2D eigenvalue weighted by atomic mass is 9.88. The molecule has 0 bridgehead atoms. The van der Waals surface area contributed by atoms with Crippen LogP contribution in [0.1, 0.15) is 65.2 Å². The first-order valence-corrected chi connectivity index (χ1v) is 12.9. The number of benzene rings is 1. The van der Waals surface area contributed by atoms with Crippen molar-refractivity contribution >= 4 is 16.7 Å². The summed E-state index contributed by atoms with van der Waals surface area (Å²) >= 11 is 0. The molecule has 1 N–H and O–H groups in total. The standard InChI is InChI=1S/C27H35N5O2/c1-18-3-5-19(6-4-18)33-20-9-13-32(14-10-20)25-16-24(28-17-29-25)26-22-15-21(34-27(2)11-12-27)7-8-23(22)30-31-26/h7-8,15-20H,3-6,9-14H2,1-2H3,(H,30,31). The van der Waals surface area contributed by atoms with Gasteiger partial charge in [-0.3, -0.25) is 5.10 Å². The lowest BCUT2D eigenvalue weighted by Crippen LogP contribution is -2.39. The molecule has 2 aromatic heterocycles. The van der Waals surface area contributed by atoms with E-state index in [1.165, 1.54) is 25.7 Å². The highest BCUT2D eigenvalue weighted by Gasteiger charge is 2.40. The van der Waals surface area contributed by atoms with Crippen molar-refractivity contribution in [3.63, 3.8) is 0 Å². The largest absolute Gasteiger partial charge is 0.488 e. The van der Waals surface area contributed by atoms with Crippen LogP contribution in [0.15, 0.2) is 30.6 Å². The Hall–Kier alpha value is -2.67. The summed E-state index contributed by atoms with van der Waals surface area (Å²) in [5.41, 5.74) is 2.65. The van der Waals surface area contributed by atoms with Crippen LogP contribution in [0.4, 0.5) is 5.82 Å². The van der Waals surface area contributed by atoms with Gasteiger partial charge in [0.2, 0.25) is 0 Å². The van der Waals surface area contributed by atoms with E-state index >= 15 is 0 Å². The van der Waals surface area contributed by atoms with Crippen molar-refractivity contribution in [2.24, 2.45) is 5.92 Å². The number of nitrogens with zero attached hydrogens (tertiary/aromatic N) is 4. The van der Waals surface area contributed by atoms with Gasteiger partial charge in [-0.1, -0.05) is 6.92 Å². The van der Waals surface area contributed by atoms with Crippen molar-refractivity contribution < 1.29 is 9.47 Å². The lowest BCUT2D eigenvalue weighted by Gasteiger charge is -2.36. The molecule has 3 aliphatic rings. The van der Waals surface area contributed by atoms with Gasteiger partial charge in [-0.15, -0.1) is 0 Å². The predicted octanol–water partition coefficient (Wildman–Crippen LogP) is 5.52. The molecule has 180 valence electrons. The molecule has 7 heteroatoms. The Morgan fingerprint density at radius 1 is 0.971 bits per heavy atom. The third-order valence-corrected chi connectivity index (χ3v) is 7.86. The molecule has 0 unspecified atom stereocenters. The van der Waals surface area contributed by atoms with Crippen LogP contribution in [-0.4, -0.2) is 51.1 Å². The average molecular weight is 462 g/mol. The number of rotatable bonds is 6. The van der Waals surface area contributed by atoms with E-state index in [-0.39, 0.29) is 5.60 Å². The second-order valence-electron chi connectivity index (χ2n) is 10.8. The summed E-state index contributed by atoms with van der Waals surface area (Å²) in [4.78, 5) is 11.5. The molecule has 0 atom stereocenters. The third kappa shape index (κ3) is 4.63. The Morgan fingerprint density at radius 3 is 2.50 bits per heavy atom. The van der Waals surface area contributed by atoms with Gasteiger partial charge in [0.1, 0.15) is 29.2 Å². The summed E-state index contributed by atoms with van der Waals surface area (Å²) < 4.78 is 12.6. The van der Waals surface area contributed by atoms with Gasteiger partial charge >= 0.3 is 0 Å².